The van der Waals surface area contributed by atoms with E-state index >= 15 is 0 Å². The molecular weight excluding hydrogens is 230 g/mol. The lowest BCUT2D eigenvalue weighted by Crippen LogP contribution is -2.23. The molecule has 0 radical (unpaired) electrons. The van der Waals surface area contributed by atoms with Crippen LogP contribution in [0, 0.1) is 17.2 Å². The molecule has 0 aliphatic carbocycles. The topological polar surface area (TPSA) is 62.5 Å². The van der Waals surface area contributed by atoms with E-state index in [1.807, 2.05) is 19.9 Å². The lowest BCUT2D eigenvalue weighted by Gasteiger charge is -2.23. The first-order chi connectivity index (χ1) is 8.63. The van der Waals surface area contributed by atoms with Crippen LogP contribution in [-0.2, 0) is 0 Å². The SMILES string of the molecule is CC(C)C(O)C(C#N)c1ccc2c(c1)OCCO2. The first kappa shape index (κ1) is 12.7. The Balaban J connectivity index is 2.29. The molecule has 18 heavy (non-hydrogen) atoms. The number of nitrogens with zero attached hydrogens (tertiary/aromatic N) is 1. The second-order valence-corrected chi connectivity index (χ2v) is 4.74. The molecule has 1 aromatic rings. The molecule has 2 unspecified atom stereocenters. The van der Waals surface area contributed by atoms with Crippen LogP contribution < -0.4 is 9.47 Å². The number of benzene rings is 1. The smallest absolute Gasteiger partial charge is 0.161 e. The summed E-state index contributed by atoms with van der Waals surface area (Å²) in [6, 6.07) is 7.55. The summed E-state index contributed by atoms with van der Waals surface area (Å²) >= 11 is 0. The van der Waals surface area contributed by atoms with Gasteiger partial charge in [-0.2, -0.15) is 5.26 Å². The van der Waals surface area contributed by atoms with Gasteiger partial charge in [0, 0.05) is 0 Å². The van der Waals surface area contributed by atoms with Gasteiger partial charge in [-0.05, 0) is 23.6 Å². The summed E-state index contributed by atoms with van der Waals surface area (Å²) in [5, 5.41) is 19.3. The average Bonchev–Trinajstić information content (AvgIpc) is 2.39. The number of aliphatic hydroxyl groups is 1. The van der Waals surface area contributed by atoms with Gasteiger partial charge in [-0.15, -0.1) is 0 Å². The predicted octanol–water partition coefficient (Wildman–Crippen LogP) is 2.08. The van der Waals surface area contributed by atoms with Gasteiger partial charge in [-0.3, -0.25) is 0 Å². The van der Waals surface area contributed by atoms with Crippen molar-refractivity contribution in [2.45, 2.75) is 25.9 Å². The van der Waals surface area contributed by atoms with Crippen molar-refractivity contribution in [1.82, 2.24) is 0 Å². The molecule has 1 aliphatic rings. The fourth-order valence-electron chi connectivity index (χ4n) is 1.99. The van der Waals surface area contributed by atoms with Gasteiger partial charge in [0.1, 0.15) is 13.2 Å². The predicted molar refractivity (Wildman–Crippen MR) is 66.6 cm³/mol. The Morgan fingerprint density at radius 3 is 2.50 bits per heavy atom. The second-order valence-electron chi connectivity index (χ2n) is 4.74. The Hall–Kier alpha value is -1.73. The molecule has 4 heteroatoms. The molecule has 96 valence electrons. The Labute approximate surface area is 107 Å². The minimum Gasteiger partial charge on any atom is -0.486 e. The molecule has 0 fully saturated rings. The van der Waals surface area contributed by atoms with E-state index in [0.717, 1.165) is 5.56 Å². The fourth-order valence-corrected chi connectivity index (χ4v) is 1.99. The fraction of sp³-hybridized carbons (Fsp3) is 0.500. The van der Waals surface area contributed by atoms with E-state index in [-0.39, 0.29) is 5.92 Å². The van der Waals surface area contributed by atoms with E-state index in [9.17, 15) is 10.4 Å². The highest BCUT2D eigenvalue weighted by Gasteiger charge is 2.25. The van der Waals surface area contributed by atoms with Crippen LogP contribution >= 0.6 is 0 Å². The van der Waals surface area contributed by atoms with Gasteiger partial charge in [0.15, 0.2) is 11.5 Å². The maximum absolute atomic E-state index is 10.0. The molecule has 1 aromatic carbocycles. The van der Waals surface area contributed by atoms with Crippen molar-refractivity contribution in [1.29, 1.82) is 5.26 Å². The highest BCUT2D eigenvalue weighted by Crippen LogP contribution is 2.34. The lowest BCUT2D eigenvalue weighted by atomic mass is 9.88. The van der Waals surface area contributed by atoms with Gasteiger partial charge in [0.05, 0.1) is 18.1 Å². The van der Waals surface area contributed by atoms with Crippen molar-refractivity contribution in [3.8, 4) is 17.6 Å². The van der Waals surface area contributed by atoms with Crippen LogP contribution in [0.1, 0.15) is 25.3 Å². The number of ether oxygens (including phenoxy) is 2. The molecule has 0 saturated heterocycles. The third-order valence-electron chi connectivity index (χ3n) is 3.09. The molecule has 0 aromatic heterocycles. The van der Waals surface area contributed by atoms with Crippen LogP contribution in [0.15, 0.2) is 18.2 Å². The van der Waals surface area contributed by atoms with E-state index in [2.05, 4.69) is 6.07 Å². The van der Waals surface area contributed by atoms with E-state index in [1.165, 1.54) is 0 Å². The molecule has 0 amide bonds. The number of rotatable bonds is 3. The Morgan fingerprint density at radius 2 is 1.89 bits per heavy atom. The molecule has 1 heterocycles. The third-order valence-corrected chi connectivity index (χ3v) is 3.09. The molecular formula is C14H17NO3. The Morgan fingerprint density at radius 1 is 1.22 bits per heavy atom. The van der Waals surface area contributed by atoms with Gasteiger partial charge in [0.25, 0.3) is 0 Å². The summed E-state index contributed by atoms with van der Waals surface area (Å²) in [5.74, 6) is 0.833. The van der Waals surface area contributed by atoms with Crippen LogP contribution in [0.25, 0.3) is 0 Å². The Kier molecular flexibility index (Phi) is 3.73. The van der Waals surface area contributed by atoms with Crippen LogP contribution in [0.4, 0.5) is 0 Å². The van der Waals surface area contributed by atoms with Gasteiger partial charge in [-0.25, -0.2) is 0 Å². The van der Waals surface area contributed by atoms with Crippen LogP contribution in [-0.4, -0.2) is 24.4 Å². The standard InChI is InChI=1S/C14H17NO3/c1-9(2)14(16)11(8-15)10-3-4-12-13(7-10)18-6-5-17-12/h3-4,7,9,11,14,16H,5-6H2,1-2H3. The highest BCUT2D eigenvalue weighted by molar-refractivity contribution is 5.46. The monoisotopic (exact) mass is 247 g/mol. The van der Waals surface area contributed by atoms with Gasteiger partial charge >= 0.3 is 0 Å². The lowest BCUT2D eigenvalue weighted by molar-refractivity contribution is 0.112. The summed E-state index contributed by atoms with van der Waals surface area (Å²) in [4.78, 5) is 0. The van der Waals surface area contributed by atoms with E-state index in [0.29, 0.717) is 24.7 Å². The number of nitriles is 1. The average molecular weight is 247 g/mol. The van der Waals surface area contributed by atoms with Gasteiger partial charge in [-0.1, -0.05) is 19.9 Å². The summed E-state index contributed by atoms with van der Waals surface area (Å²) in [7, 11) is 0. The molecule has 2 rings (SSSR count). The quantitative estimate of drug-likeness (QED) is 0.888. The second kappa shape index (κ2) is 5.28. The number of fused-ring (bicyclic) bond motifs is 1. The third kappa shape index (κ3) is 2.41. The molecule has 4 nitrogen and oxygen atoms in total. The highest BCUT2D eigenvalue weighted by atomic mass is 16.6. The van der Waals surface area contributed by atoms with Crippen LogP contribution in [0.2, 0.25) is 0 Å². The summed E-state index contributed by atoms with van der Waals surface area (Å²) in [6.45, 7) is 4.85. The first-order valence-electron chi connectivity index (χ1n) is 6.10. The van der Waals surface area contributed by atoms with E-state index in [1.54, 1.807) is 12.1 Å². The van der Waals surface area contributed by atoms with Crippen LogP contribution in [0.5, 0.6) is 11.5 Å². The normalized spacial score (nSPS) is 17.1. The minimum absolute atomic E-state index is 0.0304. The first-order valence-corrected chi connectivity index (χ1v) is 6.10. The molecule has 1 N–H and O–H groups in total. The van der Waals surface area contributed by atoms with E-state index in [4.69, 9.17) is 9.47 Å². The van der Waals surface area contributed by atoms with Gasteiger partial charge < -0.3 is 14.6 Å². The largest absolute Gasteiger partial charge is 0.486 e. The summed E-state index contributed by atoms with van der Waals surface area (Å²) in [5.41, 5.74) is 0.767. The zero-order valence-electron chi connectivity index (χ0n) is 10.6. The molecule has 0 saturated carbocycles. The number of aliphatic hydroxyl groups excluding tert-OH is 1. The Bertz CT molecular complexity index is 465. The maximum Gasteiger partial charge on any atom is 0.161 e. The van der Waals surface area contributed by atoms with Crippen molar-refractivity contribution in [3.63, 3.8) is 0 Å². The zero-order chi connectivity index (χ0) is 13.1. The summed E-state index contributed by atoms with van der Waals surface area (Å²) < 4.78 is 10.9. The van der Waals surface area contributed by atoms with Crippen molar-refractivity contribution in [2.24, 2.45) is 5.92 Å². The molecule has 0 bridgehead atoms. The summed E-state index contributed by atoms with van der Waals surface area (Å²) in [6.07, 6.45) is -0.683. The van der Waals surface area contributed by atoms with Crippen molar-refractivity contribution in [2.75, 3.05) is 13.2 Å². The number of hydrogen-bond donors (Lipinski definition) is 1. The number of hydrogen-bond acceptors (Lipinski definition) is 4. The van der Waals surface area contributed by atoms with Gasteiger partial charge in [0.2, 0.25) is 0 Å². The molecule has 1 aliphatic heterocycles. The van der Waals surface area contributed by atoms with Crippen molar-refractivity contribution >= 4 is 0 Å². The molecule has 0 spiro atoms. The minimum atomic E-state index is -0.683. The van der Waals surface area contributed by atoms with Crippen molar-refractivity contribution in [3.05, 3.63) is 23.8 Å². The van der Waals surface area contributed by atoms with Crippen molar-refractivity contribution < 1.29 is 14.6 Å². The van der Waals surface area contributed by atoms with E-state index < -0.39 is 12.0 Å². The van der Waals surface area contributed by atoms with Crippen LogP contribution in [0.3, 0.4) is 0 Å². The molecule has 2 atom stereocenters. The zero-order valence-corrected chi connectivity index (χ0v) is 10.6. The maximum atomic E-state index is 10.0.